The summed E-state index contributed by atoms with van der Waals surface area (Å²) in [6.45, 7) is 0. The summed E-state index contributed by atoms with van der Waals surface area (Å²) in [6, 6.07) is 10.3. The second kappa shape index (κ2) is 7.75. The number of hydrogen-bond acceptors (Lipinski definition) is 7. The standard InChI is InChI=1S/C19H13Cl2N3O5S/c1-28-19-16(9-14(20)18(21)22-19)24-15-4-3-13(8-11(15)2-5-17(24)25)30(26,27)10-12-6-7-29-23-12/h2-9H,10H2,1H3. The number of ether oxygens (including phenoxy) is 1. The lowest BCUT2D eigenvalue weighted by Gasteiger charge is -2.14. The normalized spacial score (nSPS) is 11.7. The summed E-state index contributed by atoms with van der Waals surface area (Å²) < 4.78 is 36.7. The molecule has 0 saturated carbocycles. The molecular formula is C19H13Cl2N3O5S. The van der Waals surface area contributed by atoms with E-state index in [-0.39, 0.29) is 38.0 Å². The molecule has 4 aromatic rings. The summed E-state index contributed by atoms with van der Waals surface area (Å²) in [5.74, 6) is -0.208. The quantitative estimate of drug-likeness (QED) is 0.414. The molecule has 4 rings (SSSR count). The summed E-state index contributed by atoms with van der Waals surface area (Å²) in [6.07, 6.45) is 1.31. The van der Waals surface area contributed by atoms with Crippen LogP contribution in [0, 0.1) is 0 Å². The van der Waals surface area contributed by atoms with Gasteiger partial charge in [0.05, 0.1) is 28.2 Å². The average Bonchev–Trinajstić information content (AvgIpc) is 3.21. The number of hydrogen-bond donors (Lipinski definition) is 0. The first-order valence-electron chi connectivity index (χ1n) is 8.48. The van der Waals surface area contributed by atoms with Crippen LogP contribution >= 0.6 is 23.2 Å². The maximum atomic E-state index is 12.7. The zero-order valence-corrected chi connectivity index (χ0v) is 17.7. The van der Waals surface area contributed by atoms with Crippen molar-refractivity contribution in [2.45, 2.75) is 10.6 Å². The van der Waals surface area contributed by atoms with Gasteiger partial charge in [-0.2, -0.15) is 4.98 Å². The molecule has 0 bridgehead atoms. The van der Waals surface area contributed by atoms with Gasteiger partial charge in [0.25, 0.3) is 5.56 Å². The summed E-state index contributed by atoms with van der Waals surface area (Å²) in [5, 5.41) is 4.34. The summed E-state index contributed by atoms with van der Waals surface area (Å²) >= 11 is 12.0. The minimum Gasteiger partial charge on any atom is -0.479 e. The fraction of sp³-hybridized carbons (Fsp3) is 0.105. The van der Waals surface area contributed by atoms with E-state index in [0.717, 1.165) is 0 Å². The van der Waals surface area contributed by atoms with Gasteiger partial charge in [-0.05, 0) is 30.3 Å². The minimum atomic E-state index is -3.67. The molecule has 0 aliphatic rings. The van der Waals surface area contributed by atoms with Gasteiger partial charge in [0.1, 0.15) is 17.7 Å². The van der Waals surface area contributed by atoms with E-state index in [0.29, 0.717) is 16.6 Å². The van der Waals surface area contributed by atoms with Gasteiger partial charge in [-0.25, -0.2) is 8.42 Å². The molecule has 3 aromatic heterocycles. The predicted molar refractivity (Wildman–Crippen MR) is 111 cm³/mol. The average molecular weight is 466 g/mol. The van der Waals surface area contributed by atoms with Gasteiger partial charge in [-0.1, -0.05) is 28.4 Å². The molecular weight excluding hydrogens is 453 g/mol. The van der Waals surface area contributed by atoms with Crippen LogP contribution < -0.4 is 10.3 Å². The Balaban J connectivity index is 1.89. The molecule has 11 heteroatoms. The number of pyridine rings is 2. The van der Waals surface area contributed by atoms with Crippen molar-refractivity contribution in [1.29, 1.82) is 0 Å². The van der Waals surface area contributed by atoms with Crippen molar-refractivity contribution in [2.24, 2.45) is 0 Å². The Bertz CT molecular complexity index is 1420. The number of methoxy groups -OCH3 is 1. The number of rotatable bonds is 5. The third-order valence-electron chi connectivity index (χ3n) is 4.37. The van der Waals surface area contributed by atoms with Crippen LogP contribution in [0.4, 0.5) is 0 Å². The Labute approximate surface area is 180 Å². The number of nitrogens with zero attached hydrogens (tertiary/aromatic N) is 3. The van der Waals surface area contributed by atoms with Gasteiger partial charge < -0.3 is 9.26 Å². The third-order valence-corrected chi connectivity index (χ3v) is 6.69. The van der Waals surface area contributed by atoms with Crippen molar-refractivity contribution in [2.75, 3.05) is 7.11 Å². The number of benzene rings is 1. The van der Waals surface area contributed by atoms with Crippen LogP contribution in [0.25, 0.3) is 16.6 Å². The van der Waals surface area contributed by atoms with E-state index in [4.69, 9.17) is 32.5 Å². The fourth-order valence-electron chi connectivity index (χ4n) is 3.01. The molecule has 154 valence electrons. The maximum absolute atomic E-state index is 12.7. The lowest BCUT2D eigenvalue weighted by molar-refractivity contribution is 0.396. The molecule has 0 fully saturated rings. The Morgan fingerprint density at radius 2 is 1.93 bits per heavy atom. The van der Waals surface area contributed by atoms with E-state index < -0.39 is 9.84 Å². The molecule has 3 heterocycles. The second-order valence-electron chi connectivity index (χ2n) is 6.27. The highest BCUT2D eigenvalue weighted by Crippen LogP contribution is 2.31. The molecule has 30 heavy (non-hydrogen) atoms. The lowest BCUT2D eigenvalue weighted by Crippen LogP contribution is -2.18. The maximum Gasteiger partial charge on any atom is 0.255 e. The number of halogens is 2. The highest BCUT2D eigenvalue weighted by atomic mass is 35.5. The van der Waals surface area contributed by atoms with Crippen LogP contribution in [0.15, 0.2) is 62.9 Å². The van der Waals surface area contributed by atoms with Crippen LogP contribution in [0.5, 0.6) is 5.88 Å². The van der Waals surface area contributed by atoms with Crippen molar-refractivity contribution in [1.82, 2.24) is 14.7 Å². The first-order valence-corrected chi connectivity index (χ1v) is 10.9. The first kappa shape index (κ1) is 20.4. The lowest BCUT2D eigenvalue weighted by atomic mass is 10.2. The zero-order valence-electron chi connectivity index (χ0n) is 15.4. The van der Waals surface area contributed by atoms with Crippen molar-refractivity contribution in [3.05, 3.63) is 75.0 Å². The minimum absolute atomic E-state index is 0.0341. The molecule has 0 N–H and O–H groups in total. The first-order chi connectivity index (χ1) is 14.3. The molecule has 0 amide bonds. The van der Waals surface area contributed by atoms with Gasteiger partial charge in [0, 0.05) is 17.5 Å². The number of sulfone groups is 1. The SMILES string of the molecule is COc1nc(Cl)c(Cl)cc1-n1c(=O)ccc2cc(S(=O)(=O)Cc3ccon3)ccc21. The van der Waals surface area contributed by atoms with Crippen LogP contribution in [-0.4, -0.2) is 30.2 Å². The highest BCUT2D eigenvalue weighted by Gasteiger charge is 2.20. The fourth-order valence-corrected chi connectivity index (χ4v) is 4.57. The van der Waals surface area contributed by atoms with Crippen LogP contribution in [0.3, 0.4) is 0 Å². The van der Waals surface area contributed by atoms with E-state index in [1.165, 1.54) is 54.3 Å². The van der Waals surface area contributed by atoms with Crippen molar-refractivity contribution in [3.63, 3.8) is 0 Å². The zero-order chi connectivity index (χ0) is 21.5. The van der Waals surface area contributed by atoms with Gasteiger partial charge in [0.2, 0.25) is 5.88 Å². The van der Waals surface area contributed by atoms with Gasteiger partial charge in [0.15, 0.2) is 15.0 Å². The Kier molecular flexibility index (Phi) is 5.27. The van der Waals surface area contributed by atoms with Crippen LogP contribution in [-0.2, 0) is 15.6 Å². The summed E-state index contributed by atoms with van der Waals surface area (Å²) in [5.41, 5.74) is 0.646. The molecule has 8 nitrogen and oxygen atoms in total. The number of aromatic nitrogens is 3. The highest BCUT2D eigenvalue weighted by molar-refractivity contribution is 7.90. The second-order valence-corrected chi connectivity index (χ2v) is 9.02. The van der Waals surface area contributed by atoms with E-state index in [2.05, 4.69) is 10.1 Å². The largest absolute Gasteiger partial charge is 0.479 e. The smallest absolute Gasteiger partial charge is 0.255 e. The number of fused-ring (bicyclic) bond motifs is 1. The monoisotopic (exact) mass is 465 g/mol. The Morgan fingerprint density at radius 3 is 2.63 bits per heavy atom. The van der Waals surface area contributed by atoms with Gasteiger partial charge >= 0.3 is 0 Å². The predicted octanol–water partition coefficient (Wildman–Crippen LogP) is 3.66. The molecule has 0 spiro atoms. The van der Waals surface area contributed by atoms with Crippen LogP contribution in [0.1, 0.15) is 5.69 Å². The topological polar surface area (TPSA) is 104 Å². The molecule has 0 radical (unpaired) electrons. The van der Waals surface area contributed by atoms with Gasteiger partial charge in [-0.3, -0.25) is 9.36 Å². The van der Waals surface area contributed by atoms with Crippen molar-refractivity contribution >= 4 is 43.9 Å². The van der Waals surface area contributed by atoms with E-state index in [1.807, 2.05) is 0 Å². The molecule has 1 aromatic carbocycles. The Hall–Kier alpha value is -2.88. The van der Waals surface area contributed by atoms with E-state index >= 15 is 0 Å². The Morgan fingerprint density at radius 1 is 1.13 bits per heavy atom. The summed E-state index contributed by atoms with van der Waals surface area (Å²) in [7, 11) is -2.28. The molecule has 0 saturated heterocycles. The van der Waals surface area contributed by atoms with E-state index in [9.17, 15) is 13.2 Å². The molecule has 0 aliphatic heterocycles. The van der Waals surface area contributed by atoms with Crippen LogP contribution in [0.2, 0.25) is 10.2 Å². The third kappa shape index (κ3) is 3.67. The van der Waals surface area contributed by atoms with E-state index in [1.54, 1.807) is 6.07 Å². The molecule has 0 unspecified atom stereocenters. The van der Waals surface area contributed by atoms with Crippen molar-refractivity contribution in [3.8, 4) is 11.6 Å². The molecule has 0 aliphatic carbocycles. The molecule has 0 atom stereocenters. The summed E-state index contributed by atoms with van der Waals surface area (Å²) in [4.78, 5) is 16.8. The van der Waals surface area contributed by atoms with Crippen molar-refractivity contribution < 1.29 is 17.7 Å². The van der Waals surface area contributed by atoms with Gasteiger partial charge in [-0.15, -0.1) is 0 Å².